The number of carbonyl (C=O) groups is 2. The average molecular weight is 210 g/mol. The second kappa shape index (κ2) is 5.69. The standard InChI is InChI=1S/C12H18O3/c1-9(13)11(12(14)15-2)8-10-6-4-3-5-7-10/h8,10H,3-7H2,1-2H3. The molecule has 0 amide bonds. The van der Waals surface area contributed by atoms with Gasteiger partial charge in [-0.25, -0.2) is 4.79 Å². The van der Waals surface area contributed by atoms with Crippen molar-refractivity contribution in [1.29, 1.82) is 0 Å². The molecule has 84 valence electrons. The van der Waals surface area contributed by atoms with Crippen LogP contribution in [0.5, 0.6) is 0 Å². The molecule has 0 bridgehead atoms. The first-order chi connectivity index (χ1) is 7.15. The van der Waals surface area contributed by atoms with E-state index in [9.17, 15) is 9.59 Å². The zero-order valence-corrected chi connectivity index (χ0v) is 9.41. The molecule has 0 spiro atoms. The molecule has 1 saturated carbocycles. The molecular weight excluding hydrogens is 192 g/mol. The molecule has 3 heteroatoms. The highest BCUT2D eigenvalue weighted by Gasteiger charge is 2.18. The van der Waals surface area contributed by atoms with Crippen LogP contribution in [0.1, 0.15) is 39.0 Å². The van der Waals surface area contributed by atoms with Crippen LogP contribution in [0.3, 0.4) is 0 Å². The van der Waals surface area contributed by atoms with Gasteiger partial charge in [-0.2, -0.15) is 0 Å². The minimum absolute atomic E-state index is 0.201. The third-order valence-electron chi connectivity index (χ3n) is 2.84. The molecule has 0 heterocycles. The fourth-order valence-electron chi connectivity index (χ4n) is 1.98. The molecule has 0 unspecified atom stereocenters. The molecule has 15 heavy (non-hydrogen) atoms. The minimum atomic E-state index is -0.506. The van der Waals surface area contributed by atoms with Crippen LogP contribution in [-0.4, -0.2) is 18.9 Å². The summed E-state index contributed by atoms with van der Waals surface area (Å²) in [5.41, 5.74) is 0.212. The van der Waals surface area contributed by atoms with E-state index in [4.69, 9.17) is 0 Å². The number of hydrogen-bond acceptors (Lipinski definition) is 3. The summed E-state index contributed by atoms with van der Waals surface area (Å²) in [7, 11) is 1.31. The van der Waals surface area contributed by atoms with Gasteiger partial charge >= 0.3 is 5.97 Å². The van der Waals surface area contributed by atoms with Crippen molar-refractivity contribution in [3.63, 3.8) is 0 Å². The summed E-state index contributed by atoms with van der Waals surface area (Å²) in [5, 5.41) is 0. The second-order valence-corrected chi connectivity index (χ2v) is 4.03. The number of esters is 1. The van der Waals surface area contributed by atoms with Crippen LogP contribution >= 0.6 is 0 Å². The first-order valence-electron chi connectivity index (χ1n) is 5.46. The summed E-state index contributed by atoms with van der Waals surface area (Å²) >= 11 is 0. The van der Waals surface area contributed by atoms with Gasteiger partial charge in [-0.05, 0) is 25.7 Å². The maximum atomic E-state index is 11.3. The van der Waals surface area contributed by atoms with Gasteiger partial charge in [0.2, 0.25) is 0 Å². The van der Waals surface area contributed by atoms with Crippen molar-refractivity contribution in [3.8, 4) is 0 Å². The summed E-state index contributed by atoms with van der Waals surface area (Å²) in [6.07, 6.45) is 7.59. The molecule has 0 aromatic carbocycles. The van der Waals surface area contributed by atoms with Crippen LogP contribution in [-0.2, 0) is 14.3 Å². The Hall–Kier alpha value is -1.12. The molecule has 1 aliphatic carbocycles. The summed E-state index contributed by atoms with van der Waals surface area (Å²) in [5.74, 6) is -0.336. The average Bonchev–Trinajstić information content (AvgIpc) is 2.26. The first kappa shape index (κ1) is 12.0. The van der Waals surface area contributed by atoms with Gasteiger partial charge in [-0.3, -0.25) is 4.79 Å². The molecule has 0 N–H and O–H groups in total. The van der Waals surface area contributed by atoms with Crippen molar-refractivity contribution in [2.24, 2.45) is 5.92 Å². The molecule has 0 saturated heterocycles. The SMILES string of the molecule is COC(=O)C(=CC1CCCCC1)C(C)=O. The number of ether oxygens (including phenoxy) is 1. The lowest BCUT2D eigenvalue weighted by Crippen LogP contribution is -2.14. The van der Waals surface area contributed by atoms with E-state index in [-0.39, 0.29) is 11.4 Å². The van der Waals surface area contributed by atoms with E-state index in [1.54, 1.807) is 6.08 Å². The smallest absolute Gasteiger partial charge is 0.341 e. The van der Waals surface area contributed by atoms with Crippen LogP contribution in [0.25, 0.3) is 0 Å². The van der Waals surface area contributed by atoms with Crippen molar-refractivity contribution in [3.05, 3.63) is 11.6 Å². The Morgan fingerprint density at radius 1 is 1.20 bits per heavy atom. The predicted molar refractivity (Wildman–Crippen MR) is 57.4 cm³/mol. The predicted octanol–water partition coefficient (Wildman–Crippen LogP) is 2.26. The number of Topliss-reactive ketones (excluding diaryl/α,β-unsaturated/α-hetero) is 1. The van der Waals surface area contributed by atoms with Crippen molar-refractivity contribution < 1.29 is 14.3 Å². The molecule has 0 atom stereocenters. The highest BCUT2D eigenvalue weighted by atomic mass is 16.5. The van der Waals surface area contributed by atoms with E-state index < -0.39 is 5.97 Å². The zero-order valence-electron chi connectivity index (χ0n) is 9.41. The summed E-state index contributed by atoms with van der Waals surface area (Å²) < 4.78 is 4.59. The fraction of sp³-hybridized carbons (Fsp3) is 0.667. The number of methoxy groups -OCH3 is 1. The maximum Gasteiger partial charge on any atom is 0.341 e. The zero-order chi connectivity index (χ0) is 11.3. The molecule has 1 fully saturated rings. The van der Waals surface area contributed by atoms with Crippen molar-refractivity contribution >= 4 is 11.8 Å². The lowest BCUT2D eigenvalue weighted by atomic mass is 9.87. The third kappa shape index (κ3) is 3.50. The van der Waals surface area contributed by atoms with Gasteiger partial charge in [-0.15, -0.1) is 0 Å². The first-order valence-corrected chi connectivity index (χ1v) is 5.46. The maximum absolute atomic E-state index is 11.3. The van der Waals surface area contributed by atoms with E-state index in [0.717, 1.165) is 12.8 Å². The van der Waals surface area contributed by atoms with E-state index >= 15 is 0 Å². The van der Waals surface area contributed by atoms with Gasteiger partial charge in [-0.1, -0.05) is 25.3 Å². The molecule has 3 nitrogen and oxygen atoms in total. The number of ketones is 1. The Morgan fingerprint density at radius 3 is 2.27 bits per heavy atom. The number of carbonyl (C=O) groups excluding carboxylic acids is 2. The largest absolute Gasteiger partial charge is 0.465 e. The topological polar surface area (TPSA) is 43.4 Å². The van der Waals surface area contributed by atoms with Crippen molar-refractivity contribution in [2.75, 3.05) is 7.11 Å². The minimum Gasteiger partial charge on any atom is -0.465 e. The van der Waals surface area contributed by atoms with Crippen LogP contribution in [0.4, 0.5) is 0 Å². The summed E-state index contributed by atoms with van der Waals surface area (Å²) in [6, 6.07) is 0. The van der Waals surface area contributed by atoms with E-state index in [0.29, 0.717) is 5.92 Å². The summed E-state index contributed by atoms with van der Waals surface area (Å²) in [6.45, 7) is 1.41. The normalized spacial score (nSPS) is 18.7. The van der Waals surface area contributed by atoms with Crippen LogP contribution in [0.2, 0.25) is 0 Å². The molecule has 0 aromatic rings. The highest BCUT2D eigenvalue weighted by Crippen LogP contribution is 2.25. The molecule has 0 radical (unpaired) electrons. The Balaban J connectivity index is 2.73. The van der Waals surface area contributed by atoms with Crippen LogP contribution < -0.4 is 0 Å². The van der Waals surface area contributed by atoms with Crippen LogP contribution in [0.15, 0.2) is 11.6 Å². The van der Waals surface area contributed by atoms with Gasteiger partial charge in [0, 0.05) is 0 Å². The number of hydrogen-bond donors (Lipinski definition) is 0. The monoisotopic (exact) mass is 210 g/mol. The Bertz CT molecular complexity index is 273. The highest BCUT2D eigenvalue weighted by molar-refractivity contribution is 6.16. The third-order valence-corrected chi connectivity index (χ3v) is 2.84. The van der Waals surface area contributed by atoms with Gasteiger partial charge in [0.15, 0.2) is 5.78 Å². The lowest BCUT2D eigenvalue weighted by Gasteiger charge is -2.18. The van der Waals surface area contributed by atoms with Gasteiger partial charge in [0.25, 0.3) is 0 Å². The Kier molecular flexibility index (Phi) is 4.53. The van der Waals surface area contributed by atoms with Crippen molar-refractivity contribution in [2.45, 2.75) is 39.0 Å². The van der Waals surface area contributed by atoms with E-state index in [1.165, 1.54) is 33.3 Å². The molecule has 1 aliphatic rings. The fourth-order valence-corrected chi connectivity index (χ4v) is 1.98. The van der Waals surface area contributed by atoms with E-state index in [1.807, 2.05) is 0 Å². The molecule has 0 aromatic heterocycles. The van der Waals surface area contributed by atoms with Crippen molar-refractivity contribution in [1.82, 2.24) is 0 Å². The quantitative estimate of drug-likeness (QED) is 0.310. The van der Waals surface area contributed by atoms with Gasteiger partial charge in [0.1, 0.15) is 0 Å². The second-order valence-electron chi connectivity index (χ2n) is 4.03. The lowest BCUT2D eigenvalue weighted by molar-refractivity contribution is -0.137. The molecular formula is C12H18O3. The van der Waals surface area contributed by atoms with Crippen LogP contribution in [0, 0.1) is 5.92 Å². The number of allylic oxidation sites excluding steroid dienone is 1. The van der Waals surface area contributed by atoms with E-state index in [2.05, 4.69) is 4.74 Å². The Labute approximate surface area is 90.5 Å². The Morgan fingerprint density at radius 2 is 1.80 bits per heavy atom. The molecule has 0 aliphatic heterocycles. The number of rotatable bonds is 3. The van der Waals surface area contributed by atoms with Gasteiger partial charge < -0.3 is 4.74 Å². The van der Waals surface area contributed by atoms with Gasteiger partial charge in [0.05, 0.1) is 12.7 Å². The summed E-state index contributed by atoms with van der Waals surface area (Å²) in [4.78, 5) is 22.6. The molecule has 1 rings (SSSR count).